The predicted octanol–water partition coefficient (Wildman–Crippen LogP) is 2.98. The second-order valence-corrected chi connectivity index (χ2v) is 4.44. The molecule has 15 heavy (non-hydrogen) atoms. The molecule has 0 unspecified atom stereocenters. The Morgan fingerprint density at radius 1 is 1.60 bits per heavy atom. The molecular weight excluding hydrogens is 285 g/mol. The maximum Gasteiger partial charge on any atom is 0.358 e. The van der Waals surface area contributed by atoms with E-state index in [-0.39, 0.29) is 5.69 Å². The molecule has 1 heterocycles. The number of nitrogens with zero attached hydrogens (tertiary/aromatic N) is 1. The molecule has 0 aliphatic rings. The molecule has 0 spiro atoms. The maximum atomic E-state index is 13.3. The van der Waals surface area contributed by atoms with Gasteiger partial charge in [-0.3, -0.25) is 0 Å². The summed E-state index contributed by atoms with van der Waals surface area (Å²) in [6, 6.07) is 2.87. The van der Waals surface area contributed by atoms with Crippen LogP contribution in [-0.2, 0) is 4.74 Å². The first-order chi connectivity index (χ1) is 7.13. The molecule has 0 radical (unpaired) electrons. The highest BCUT2D eigenvalue weighted by atomic mass is 79.9. The van der Waals surface area contributed by atoms with E-state index in [0.717, 1.165) is 16.2 Å². The molecule has 0 aliphatic carbocycles. The lowest BCUT2D eigenvalue weighted by atomic mass is 10.2. The third kappa shape index (κ3) is 1.74. The summed E-state index contributed by atoms with van der Waals surface area (Å²) in [5.74, 6) is -0.976. The Hall–Kier alpha value is -1.01. The first-order valence-electron chi connectivity index (χ1n) is 3.96. The molecule has 0 saturated heterocycles. The summed E-state index contributed by atoms with van der Waals surface area (Å²) in [7, 11) is 1.27. The van der Waals surface area contributed by atoms with Crippen molar-refractivity contribution in [2.24, 2.45) is 0 Å². The summed E-state index contributed by atoms with van der Waals surface area (Å²) in [6.07, 6.45) is 0. The van der Waals surface area contributed by atoms with E-state index >= 15 is 0 Å². The van der Waals surface area contributed by atoms with Gasteiger partial charge in [-0.15, -0.1) is 0 Å². The van der Waals surface area contributed by atoms with Crippen LogP contribution < -0.4 is 0 Å². The molecule has 6 heteroatoms. The van der Waals surface area contributed by atoms with E-state index in [4.69, 9.17) is 0 Å². The van der Waals surface area contributed by atoms with Gasteiger partial charge >= 0.3 is 5.97 Å². The fourth-order valence-corrected chi connectivity index (χ4v) is 2.46. The van der Waals surface area contributed by atoms with Crippen molar-refractivity contribution >= 4 is 43.5 Å². The number of esters is 1. The van der Waals surface area contributed by atoms with Gasteiger partial charge in [0.05, 0.1) is 16.3 Å². The molecule has 0 atom stereocenters. The van der Waals surface area contributed by atoms with Crippen molar-refractivity contribution in [3.05, 3.63) is 28.1 Å². The van der Waals surface area contributed by atoms with Gasteiger partial charge in [-0.05, 0) is 39.6 Å². The summed E-state index contributed by atoms with van der Waals surface area (Å²) in [5, 5.41) is 0.479. The highest BCUT2D eigenvalue weighted by molar-refractivity contribution is 9.10. The second kappa shape index (κ2) is 3.86. The van der Waals surface area contributed by atoms with E-state index in [1.54, 1.807) is 6.07 Å². The highest BCUT2D eigenvalue weighted by Gasteiger charge is 2.16. The average Bonchev–Trinajstić information content (AvgIpc) is 2.61. The van der Waals surface area contributed by atoms with Crippen LogP contribution in [0.3, 0.4) is 0 Å². The van der Waals surface area contributed by atoms with Crippen LogP contribution in [0.5, 0.6) is 0 Å². The Bertz CT molecular complexity index is 540. The first kappa shape index (κ1) is 10.5. The van der Waals surface area contributed by atoms with Crippen LogP contribution in [0.2, 0.25) is 0 Å². The Balaban J connectivity index is 2.69. The summed E-state index contributed by atoms with van der Waals surface area (Å²) in [6.45, 7) is 0. The third-order valence-electron chi connectivity index (χ3n) is 1.89. The van der Waals surface area contributed by atoms with Crippen LogP contribution in [0.15, 0.2) is 16.6 Å². The first-order valence-corrected chi connectivity index (χ1v) is 5.53. The van der Waals surface area contributed by atoms with Gasteiger partial charge in [0.15, 0.2) is 5.69 Å². The number of ether oxygens (including phenoxy) is 1. The van der Waals surface area contributed by atoms with Crippen LogP contribution in [0, 0.1) is 5.82 Å². The minimum atomic E-state index is -0.553. The molecule has 0 bridgehead atoms. The molecule has 1 aromatic carbocycles. The van der Waals surface area contributed by atoms with Crippen molar-refractivity contribution in [3.8, 4) is 0 Å². The minimum Gasteiger partial charge on any atom is -0.464 e. The lowest BCUT2D eigenvalue weighted by Gasteiger charge is -1.96. The normalized spacial score (nSPS) is 10.6. The quantitative estimate of drug-likeness (QED) is 0.758. The number of benzene rings is 1. The van der Waals surface area contributed by atoms with Crippen molar-refractivity contribution in [1.29, 1.82) is 0 Å². The minimum absolute atomic E-state index is 0.156. The van der Waals surface area contributed by atoms with Gasteiger partial charge in [-0.1, -0.05) is 0 Å². The largest absolute Gasteiger partial charge is 0.464 e. The molecule has 3 nitrogen and oxygen atoms in total. The van der Waals surface area contributed by atoms with E-state index in [0.29, 0.717) is 9.86 Å². The van der Waals surface area contributed by atoms with Gasteiger partial charge in [-0.2, -0.15) is 4.37 Å². The average molecular weight is 290 g/mol. The van der Waals surface area contributed by atoms with Crippen LogP contribution in [0.1, 0.15) is 10.5 Å². The topological polar surface area (TPSA) is 39.2 Å². The van der Waals surface area contributed by atoms with E-state index in [1.165, 1.54) is 13.2 Å². The predicted molar refractivity (Wildman–Crippen MR) is 58.6 cm³/mol. The van der Waals surface area contributed by atoms with Crippen molar-refractivity contribution in [2.75, 3.05) is 7.11 Å². The number of hydrogen-bond acceptors (Lipinski definition) is 4. The molecule has 0 N–H and O–H groups in total. The van der Waals surface area contributed by atoms with Crippen LogP contribution in [-0.4, -0.2) is 17.5 Å². The highest BCUT2D eigenvalue weighted by Crippen LogP contribution is 2.28. The zero-order chi connectivity index (χ0) is 11.0. The van der Waals surface area contributed by atoms with Gasteiger partial charge in [-0.25, -0.2) is 9.18 Å². The second-order valence-electron chi connectivity index (χ2n) is 2.79. The van der Waals surface area contributed by atoms with Gasteiger partial charge in [0.1, 0.15) is 5.82 Å². The number of hydrogen-bond donors (Lipinski definition) is 0. The van der Waals surface area contributed by atoms with E-state index in [1.807, 2.05) is 0 Å². The van der Waals surface area contributed by atoms with Gasteiger partial charge in [0, 0.05) is 5.39 Å². The van der Waals surface area contributed by atoms with E-state index in [2.05, 4.69) is 25.0 Å². The molecule has 0 fully saturated rings. The number of carbonyl (C=O) groups excluding carboxylic acids is 1. The van der Waals surface area contributed by atoms with Gasteiger partial charge in [0.25, 0.3) is 0 Å². The van der Waals surface area contributed by atoms with Crippen LogP contribution in [0.4, 0.5) is 4.39 Å². The fraction of sp³-hybridized carbons (Fsp3) is 0.111. The van der Waals surface area contributed by atoms with Gasteiger partial charge in [0.2, 0.25) is 0 Å². The summed E-state index contributed by atoms with van der Waals surface area (Å²) in [5.41, 5.74) is 0.156. The van der Waals surface area contributed by atoms with Crippen LogP contribution in [0.25, 0.3) is 10.1 Å². The molecule has 2 aromatic rings. The Labute approximate surface area is 97.2 Å². The number of halogens is 2. The molecule has 0 aliphatic heterocycles. The monoisotopic (exact) mass is 289 g/mol. The maximum absolute atomic E-state index is 13.3. The van der Waals surface area contributed by atoms with E-state index < -0.39 is 11.8 Å². The number of methoxy groups -OCH3 is 1. The zero-order valence-electron chi connectivity index (χ0n) is 7.58. The molecule has 1 aromatic heterocycles. The summed E-state index contributed by atoms with van der Waals surface area (Å²) >= 11 is 4.20. The fourth-order valence-electron chi connectivity index (χ4n) is 1.18. The number of carbonyl (C=O) groups is 1. The molecule has 2 rings (SSSR count). The van der Waals surface area contributed by atoms with Crippen molar-refractivity contribution < 1.29 is 13.9 Å². The molecular formula is C9H5BrFNO2S. The zero-order valence-corrected chi connectivity index (χ0v) is 9.99. The summed E-state index contributed by atoms with van der Waals surface area (Å²) < 4.78 is 22.8. The van der Waals surface area contributed by atoms with E-state index in [9.17, 15) is 9.18 Å². The van der Waals surface area contributed by atoms with Crippen molar-refractivity contribution in [1.82, 2.24) is 4.37 Å². The Kier molecular flexibility index (Phi) is 2.70. The molecule has 78 valence electrons. The SMILES string of the molecule is COC(=O)c1nsc2cc(Br)c(F)cc12. The summed E-state index contributed by atoms with van der Waals surface area (Å²) in [4.78, 5) is 11.3. The smallest absolute Gasteiger partial charge is 0.358 e. The Morgan fingerprint density at radius 2 is 2.33 bits per heavy atom. The molecule has 0 saturated carbocycles. The van der Waals surface area contributed by atoms with Crippen molar-refractivity contribution in [2.45, 2.75) is 0 Å². The lowest BCUT2D eigenvalue weighted by Crippen LogP contribution is -2.01. The van der Waals surface area contributed by atoms with Crippen LogP contribution >= 0.6 is 27.5 Å². The number of rotatable bonds is 1. The number of aromatic nitrogens is 1. The Morgan fingerprint density at radius 3 is 3.00 bits per heavy atom. The third-order valence-corrected chi connectivity index (χ3v) is 3.31. The molecule has 0 amide bonds. The standard InChI is InChI=1S/C9H5BrFNO2S/c1-14-9(13)8-4-2-6(11)5(10)3-7(4)15-12-8/h2-3H,1H3. The van der Waals surface area contributed by atoms with Gasteiger partial charge < -0.3 is 4.74 Å². The number of fused-ring (bicyclic) bond motifs is 1. The van der Waals surface area contributed by atoms with Crippen molar-refractivity contribution in [3.63, 3.8) is 0 Å². The lowest BCUT2D eigenvalue weighted by molar-refractivity contribution is 0.0598.